The Labute approximate surface area is 201 Å². The lowest BCUT2D eigenvalue weighted by Gasteiger charge is -2.13. The molecule has 11 heteroatoms. The number of carbonyl (C=O) groups is 2. The molecule has 35 heavy (non-hydrogen) atoms. The number of aliphatic hydroxyl groups excluding tert-OH is 1. The third kappa shape index (κ3) is 8.02. The van der Waals surface area contributed by atoms with Crippen molar-refractivity contribution in [3.05, 3.63) is 71.3 Å². The van der Waals surface area contributed by atoms with Crippen LogP contribution in [0.2, 0.25) is 0 Å². The molecule has 0 aliphatic carbocycles. The first-order chi connectivity index (χ1) is 16.7. The lowest BCUT2D eigenvalue weighted by Crippen LogP contribution is -2.05. The van der Waals surface area contributed by atoms with Crippen molar-refractivity contribution in [3.8, 4) is 23.0 Å². The SMILES string of the molecule is CO.COc1cc(N)c(C(=O)O)cc1O.COc1cc(N)c(C(=O)O)cc1OCc1ccccc1. The van der Waals surface area contributed by atoms with Gasteiger partial charge in [-0.1, -0.05) is 30.3 Å². The van der Waals surface area contributed by atoms with Gasteiger partial charge in [0.15, 0.2) is 23.0 Å². The third-order valence-electron chi connectivity index (χ3n) is 4.38. The highest BCUT2D eigenvalue weighted by molar-refractivity contribution is 5.95. The van der Waals surface area contributed by atoms with Gasteiger partial charge in [0.25, 0.3) is 0 Å². The van der Waals surface area contributed by atoms with E-state index in [1.54, 1.807) is 0 Å². The second-order valence-electron chi connectivity index (χ2n) is 6.59. The quantitative estimate of drug-likeness (QED) is 0.211. The first kappa shape index (κ1) is 28.4. The Balaban J connectivity index is 0.000000354. The van der Waals surface area contributed by atoms with Crippen LogP contribution in [0.1, 0.15) is 26.3 Å². The Bertz CT molecular complexity index is 1140. The molecule has 3 aromatic rings. The monoisotopic (exact) mass is 488 g/mol. The number of anilines is 2. The summed E-state index contributed by atoms with van der Waals surface area (Å²) in [6.07, 6.45) is 0. The number of phenols is 1. The highest BCUT2D eigenvalue weighted by atomic mass is 16.5. The first-order valence-corrected chi connectivity index (χ1v) is 9.89. The minimum absolute atomic E-state index is 0.00568. The average Bonchev–Trinajstić information content (AvgIpc) is 2.86. The lowest BCUT2D eigenvalue weighted by atomic mass is 10.1. The predicted octanol–water partition coefficient (Wildman–Crippen LogP) is 2.84. The zero-order chi connectivity index (χ0) is 26.5. The molecule has 0 amide bonds. The summed E-state index contributed by atoms with van der Waals surface area (Å²) >= 11 is 0. The normalized spacial score (nSPS) is 9.49. The molecule has 3 rings (SSSR count). The van der Waals surface area contributed by atoms with E-state index in [0.717, 1.165) is 18.7 Å². The topological polar surface area (TPSA) is 195 Å². The number of hydrogen-bond acceptors (Lipinski definition) is 9. The molecule has 0 aliphatic heterocycles. The number of benzene rings is 3. The van der Waals surface area contributed by atoms with Crippen LogP contribution in [0.4, 0.5) is 11.4 Å². The van der Waals surface area contributed by atoms with Crippen LogP contribution in [0, 0.1) is 0 Å². The number of nitrogens with two attached hydrogens (primary N) is 2. The second-order valence-corrected chi connectivity index (χ2v) is 6.59. The third-order valence-corrected chi connectivity index (χ3v) is 4.38. The van der Waals surface area contributed by atoms with E-state index in [9.17, 15) is 14.7 Å². The molecule has 0 atom stereocenters. The largest absolute Gasteiger partial charge is 0.504 e. The molecule has 0 aromatic heterocycles. The van der Waals surface area contributed by atoms with Gasteiger partial charge in [0.1, 0.15) is 6.61 Å². The smallest absolute Gasteiger partial charge is 0.337 e. The van der Waals surface area contributed by atoms with Crippen molar-refractivity contribution in [2.24, 2.45) is 0 Å². The minimum Gasteiger partial charge on any atom is -0.504 e. The average molecular weight is 488 g/mol. The Morgan fingerprint density at radius 3 is 1.74 bits per heavy atom. The van der Waals surface area contributed by atoms with Crippen molar-refractivity contribution >= 4 is 23.3 Å². The molecule has 188 valence electrons. The van der Waals surface area contributed by atoms with Crippen LogP contribution in [0.15, 0.2) is 54.6 Å². The van der Waals surface area contributed by atoms with Gasteiger partial charge in [-0.05, 0) is 5.56 Å². The number of hydrogen-bond donors (Lipinski definition) is 6. The van der Waals surface area contributed by atoms with Crippen LogP contribution in [-0.4, -0.2) is 53.7 Å². The standard InChI is InChI=1S/C15H15NO4.C8H9NO4.CH4O/c1-19-13-8-12(16)11(15(17)18)7-14(13)20-9-10-5-3-2-4-6-10;1-13-7-3-5(9)4(8(11)12)2-6(7)10;1-2/h2-8H,9,16H2,1H3,(H,17,18);2-3,10H,9H2,1H3,(H,11,12);2H,1H3. The van der Waals surface area contributed by atoms with Gasteiger partial charge in [0, 0.05) is 31.4 Å². The predicted molar refractivity (Wildman–Crippen MR) is 129 cm³/mol. The minimum atomic E-state index is -1.18. The highest BCUT2D eigenvalue weighted by Gasteiger charge is 2.15. The van der Waals surface area contributed by atoms with E-state index in [1.807, 2.05) is 30.3 Å². The van der Waals surface area contributed by atoms with E-state index >= 15 is 0 Å². The molecule has 3 aromatic carbocycles. The van der Waals surface area contributed by atoms with Crippen LogP contribution in [0.3, 0.4) is 0 Å². The van der Waals surface area contributed by atoms with E-state index in [-0.39, 0.29) is 34.0 Å². The van der Waals surface area contributed by atoms with E-state index in [1.165, 1.54) is 32.4 Å². The Morgan fingerprint density at radius 2 is 1.26 bits per heavy atom. The van der Waals surface area contributed by atoms with Gasteiger partial charge in [0.05, 0.1) is 36.7 Å². The molecule has 0 fully saturated rings. The number of methoxy groups -OCH3 is 2. The van der Waals surface area contributed by atoms with E-state index < -0.39 is 11.9 Å². The van der Waals surface area contributed by atoms with Crippen LogP contribution in [0.5, 0.6) is 23.0 Å². The van der Waals surface area contributed by atoms with E-state index in [4.69, 9.17) is 41.0 Å². The maximum Gasteiger partial charge on any atom is 0.337 e. The fourth-order valence-electron chi connectivity index (χ4n) is 2.70. The number of carboxylic acid groups (broad SMARTS) is 2. The van der Waals surface area contributed by atoms with Crippen molar-refractivity contribution in [1.29, 1.82) is 0 Å². The number of carboxylic acids is 2. The Kier molecular flexibility index (Phi) is 11.2. The van der Waals surface area contributed by atoms with Crippen LogP contribution < -0.4 is 25.7 Å². The van der Waals surface area contributed by atoms with Gasteiger partial charge >= 0.3 is 11.9 Å². The number of nitrogen functional groups attached to an aromatic ring is 2. The molecule has 0 saturated heterocycles. The lowest BCUT2D eigenvalue weighted by molar-refractivity contribution is 0.0686. The van der Waals surface area contributed by atoms with Crippen molar-refractivity contribution < 1.29 is 44.2 Å². The summed E-state index contributed by atoms with van der Waals surface area (Å²) in [6.45, 7) is 0.320. The summed E-state index contributed by atoms with van der Waals surface area (Å²) in [6, 6.07) is 14.7. The summed E-state index contributed by atoms with van der Waals surface area (Å²) in [5.74, 6) is -1.62. The molecule has 11 nitrogen and oxygen atoms in total. The summed E-state index contributed by atoms with van der Waals surface area (Å²) in [5.41, 5.74) is 12.1. The van der Waals surface area contributed by atoms with E-state index in [2.05, 4.69) is 0 Å². The van der Waals surface area contributed by atoms with Gasteiger partial charge in [-0.25, -0.2) is 9.59 Å². The van der Waals surface area contributed by atoms with Crippen LogP contribution in [0.25, 0.3) is 0 Å². The van der Waals surface area contributed by atoms with Crippen molar-refractivity contribution in [2.75, 3.05) is 32.8 Å². The molecule has 0 spiro atoms. The number of phenolic OH excluding ortho intramolecular Hbond substituents is 1. The summed E-state index contributed by atoms with van der Waals surface area (Å²) in [7, 11) is 3.83. The number of aromatic hydroxyl groups is 1. The van der Waals surface area contributed by atoms with Gasteiger partial charge in [0.2, 0.25) is 0 Å². The molecular weight excluding hydrogens is 460 g/mol. The zero-order valence-corrected chi connectivity index (χ0v) is 19.4. The van der Waals surface area contributed by atoms with Crippen molar-refractivity contribution in [3.63, 3.8) is 0 Å². The van der Waals surface area contributed by atoms with Crippen LogP contribution in [-0.2, 0) is 6.61 Å². The molecule has 0 unspecified atom stereocenters. The van der Waals surface area contributed by atoms with Crippen molar-refractivity contribution in [2.45, 2.75) is 6.61 Å². The van der Waals surface area contributed by atoms with Gasteiger partial charge < -0.3 is 46.1 Å². The maximum atomic E-state index is 11.1. The number of aromatic carboxylic acids is 2. The first-order valence-electron chi connectivity index (χ1n) is 9.89. The Hall–Kier alpha value is -4.64. The fourth-order valence-corrected chi connectivity index (χ4v) is 2.70. The highest BCUT2D eigenvalue weighted by Crippen LogP contribution is 2.33. The van der Waals surface area contributed by atoms with Gasteiger partial charge in [-0.2, -0.15) is 0 Å². The number of ether oxygens (including phenoxy) is 3. The second kappa shape index (κ2) is 13.8. The van der Waals surface area contributed by atoms with Crippen molar-refractivity contribution in [1.82, 2.24) is 0 Å². The molecule has 0 radical (unpaired) electrons. The fraction of sp³-hybridized carbons (Fsp3) is 0.167. The van der Waals surface area contributed by atoms with E-state index in [0.29, 0.717) is 18.1 Å². The van der Waals surface area contributed by atoms with Gasteiger partial charge in [-0.15, -0.1) is 0 Å². The summed E-state index contributed by atoms with van der Waals surface area (Å²) in [4.78, 5) is 21.6. The maximum absolute atomic E-state index is 11.1. The number of aliphatic hydroxyl groups is 1. The van der Waals surface area contributed by atoms with Crippen LogP contribution >= 0.6 is 0 Å². The molecule has 0 aliphatic rings. The summed E-state index contributed by atoms with van der Waals surface area (Å²) in [5, 5.41) is 33.9. The molecule has 0 bridgehead atoms. The molecule has 8 N–H and O–H groups in total. The molecular formula is C24H28N2O9. The zero-order valence-electron chi connectivity index (χ0n) is 19.4. The number of rotatable bonds is 7. The Morgan fingerprint density at radius 1 is 0.771 bits per heavy atom. The summed E-state index contributed by atoms with van der Waals surface area (Å²) < 4.78 is 15.5. The molecule has 0 saturated carbocycles. The molecule has 0 heterocycles. The van der Waals surface area contributed by atoms with Gasteiger partial charge in [-0.3, -0.25) is 0 Å².